The highest BCUT2D eigenvalue weighted by Gasteiger charge is 2.24. The van der Waals surface area contributed by atoms with Crippen LogP contribution in [0.3, 0.4) is 0 Å². The van der Waals surface area contributed by atoms with Gasteiger partial charge in [-0.1, -0.05) is 0 Å². The number of hydrogen-bond donors (Lipinski definition) is 3. The molecule has 6 nitrogen and oxygen atoms in total. The SMILES string of the molecule is CC(O)(CNc1ccc2c(c1)OCCO2)CC(=O)O. The third-order valence-electron chi connectivity index (χ3n) is 2.75. The molecule has 0 saturated heterocycles. The van der Waals surface area contributed by atoms with Crippen molar-refractivity contribution in [1.29, 1.82) is 0 Å². The van der Waals surface area contributed by atoms with E-state index in [4.69, 9.17) is 14.6 Å². The fourth-order valence-corrected chi connectivity index (χ4v) is 1.83. The van der Waals surface area contributed by atoms with Gasteiger partial charge in [0.15, 0.2) is 11.5 Å². The predicted molar refractivity (Wildman–Crippen MR) is 68.8 cm³/mol. The summed E-state index contributed by atoms with van der Waals surface area (Å²) in [6, 6.07) is 5.35. The van der Waals surface area contributed by atoms with Crippen molar-refractivity contribution in [2.75, 3.05) is 25.1 Å². The summed E-state index contributed by atoms with van der Waals surface area (Å²) in [5.41, 5.74) is -0.561. The van der Waals surface area contributed by atoms with Crippen LogP contribution in [0.15, 0.2) is 18.2 Å². The highest BCUT2D eigenvalue weighted by molar-refractivity contribution is 5.68. The number of rotatable bonds is 5. The number of nitrogens with one attached hydrogen (secondary N) is 1. The molecule has 0 amide bonds. The van der Waals surface area contributed by atoms with Gasteiger partial charge >= 0.3 is 5.97 Å². The molecule has 1 unspecified atom stereocenters. The lowest BCUT2D eigenvalue weighted by Gasteiger charge is -2.23. The van der Waals surface area contributed by atoms with E-state index in [-0.39, 0.29) is 13.0 Å². The number of fused-ring (bicyclic) bond motifs is 1. The Morgan fingerprint density at radius 3 is 2.74 bits per heavy atom. The number of anilines is 1. The van der Waals surface area contributed by atoms with Crippen LogP contribution in [-0.4, -0.2) is 41.5 Å². The number of carbonyl (C=O) groups is 1. The van der Waals surface area contributed by atoms with E-state index < -0.39 is 11.6 Å². The smallest absolute Gasteiger partial charge is 0.306 e. The largest absolute Gasteiger partial charge is 0.486 e. The van der Waals surface area contributed by atoms with Crippen molar-refractivity contribution < 1.29 is 24.5 Å². The van der Waals surface area contributed by atoms with E-state index in [1.807, 2.05) is 0 Å². The molecule has 1 aliphatic heterocycles. The van der Waals surface area contributed by atoms with Crippen LogP contribution in [0.2, 0.25) is 0 Å². The number of hydrogen-bond acceptors (Lipinski definition) is 5. The summed E-state index contributed by atoms with van der Waals surface area (Å²) in [4.78, 5) is 10.6. The molecule has 1 aromatic carbocycles. The van der Waals surface area contributed by atoms with Gasteiger partial charge in [0, 0.05) is 18.3 Å². The normalized spacial score (nSPS) is 16.5. The van der Waals surface area contributed by atoms with Crippen LogP contribution >= 0.6 is 0 Å². The number of carboxylic acid groups (broad SMARTS) is 1. The molecule has 1 aromatic rings. The minimum Gasteiger partial charge on any atom is -0.486 e. The van der Waals surface area contributed by atoms with Crippen LogP contribution in [0.4, 0.5) is 5.69 Å². The Bertz CT molecular complexity index is 472. The maximum absolute atomic E-state index is 10.6. The van der Waals surface area contributed by atoms with Crippen molar-refractivity contribution in [2.24, 2.45) is 0 Å². The lowest BCUT2D eigenvalue weighted by molar-refractivity contribution is -0.141. The quantitative estimate of drug-likeness (QED) is 0.740. The predicted octanol–water partition coefficient (Wildman–Crippen LogP) is 1.10. The molecule has 0 bridgehead atoms. The highest BCUT2D eigenvalue weighted by Crippen LogP contribution is 2.32. The van der Waals surface area contributed by atoms with E-state index in [1.165, 1.54) is 6.92 Å². The lowest BCUT2D eigenvalue weighted by atomic mass is 10.0. The van der Waals surface area contributed by atoms with Crippen LogP contribution in [0.5, 0.6) is 11.5 Å². The van der Waals surface area contributed by atoms with Gasteiger partial charge in [-0.2, -0.15) is 0 Å². The van der Waals surface area contributed by atoms with Crippen molar-refractivity contribution in [3.05, 3.63) is 18.2 Å². The van der Waals surface area contributed by atoms with E-state index in [0.717, 1.165) is 5.69 Å². The molecular formula is C13H17NO5. The first-order valence-corrected chi connectivity index (χ1v) is 6.04. The molecule has 104 valence electrons. The van der Waals surface area contributed by atoms with Crippen LogP contribution in [0.1, 0.15) is 13.3 Å². The first-order valence-electron chi connectivity index (χ1n) is 6.04. The first-order chi connectivity index (χ1) is 8.96. The average molecular weight is 267 g/mol. The molecule has 1 atom stereocenters. The fourth-order valence-electron chi connectivity index (χ4n) is 1.83. The molecule has 1 aliphatic rings. The molecule has 0 fully saturated rings. The minimum atomic E-state index is -1.31. The average Bonchev–Trinajstić information content (AvgIpc) is 2.35. The second kappa shape index (κ2) is 5.36. The summed E-state index contributed by atoms with van der Waals surface area (Å²) in [7, 11) is 0. The molecule has 0 radical (unpaired) electrons. The van der Waals surface area contributed by atoms with E-state index in [2.05, 4.69) is 5.32 Å². The van der Waals surface area contributed by atoms with Gasteiger partial charge in [0.05, 0.1) is 12.0 Å². The summed E-state index contributed by atoms with van der Waals surface area (Å²) in [5, 5.41) is 21.6. The zero-order chi connectivity index (χ0) is 13.9. The Morgan fingerprint density at radius 1 is 1.37 bits per heavy atom. The highest BCUT2D eigenvalue weighted by atomic mass is 16.6. The molecular weight excluding hydrogens is 250 g/mol. The van der Waals surface area contributed by atoms with Gasteiger partial charge in [0.1, 0.15) is 13.2 Å². The van der Waals surface area contributed by atoms with Crippen molar-refractivity contribution >= 4 is 11.7 Å². The zero-order valence-corrected chi connectivity index (χ0v) is 10.7. The zero-order valence-electron chi connectivity index (χ0n) is 10.7. The lowest BCUT2D eigenvalue weighted by Crippen LogP contribution is -2.35. The molecule has 0 aromatic heterocycles. The minimum absolute atomic E-state index is 0.138. The molecule has 2 rings (SSSR count). The molecule has 6 heteroatoms. The monoisotopic (exact) mass is 267 g/mol. The Hall–Kier alpha value is -1.95. The van der Waals surface area contributed by atoms with Crippen LogP contribution in [0, 0.1) is 0 Å². The van der Waals surface area contributed by atoms with Crippen LogP contribution in [-0.2, 0) is 4.79 Å². The Kier molecular flexibility index (Phi) is 3.80. The van der Waals surface area contributed by atoms with Crippen LogP contribution in [0.25, 0.3) is 0 Å². The summed E-state index contributed by atoms with van der Waals surface area (Å²) in [5.74, 6) is 0.303. The second-order valence-corrected chi connectivity index (χ2v) is 4.78. The van der Waals surface area contributed by atoms with Gasteiger partial charge in [0.25, 0.3) is 0 Å². The Balaban J connectivity index is 1.98. The van der Waals surface area contributed by atoms with Crippen molar-refractivity contribution in [2.45, 2.75) is 18.9 Å². The molecule has 0 aliphatic carbocycles. The molecule has 19 heavy (non-hydrogen) atoms. The van der Waals surface area contributed by atoms with Crippen LogP contribution < -0.4 is 14.8 Å². The number of aliphatic hydroxyl groups is 1. The number of ether oxygens (including phenoxy) is 2. The molecule has 0 saturated carbocycles. The third-order valence-corrected chi connectivity index (χ3v) is 2.75. The molecule has 3 N–H and O–H groups in total. The fraction of sp³-hybridized carbons (Fsp3) is 0.462. The van der Waals surface area contributed by atoms with Crippen molar-refractivity contribution in [3.63, 3.8) is 0 Å². The summed E-state index contributed by atoms with van der Waals surface area (Å²) >= 11 is 0. The second-order valence-electron chi connectivity index (χ2n) is 4.78. The maximum atomic E-state index is 10.6. The Labute approximate surface area is 111 Å². The number of benzene rings is 1. The topological polar surface area (TPSA) is 88.0 Å². The van der Waals surface area contributed by atoms with Gasteiger partial charge in [-0.15, -0.1) is 0 Å². The standard InChI is InChI=1S/C13H17NO5/c1-13(17,7-12(15)16)8-14-9-2-3-10-11(6-9)19-5-4-18-10/h2-3,6,14,17H,4-5,7-8H2,1H3,(H,15,16). The third kappa shape index (κ3) is 3.75. The summed E-state index contributed by atoms with van der Waals surface area (Å²) in [6.07, 6.45) is -0.315. The summed E-state index contributed by atoms with van der Waals surface area (Å²) < 4.78 is 10.8. The number of aliphatic carboxylic acids is 1. The molecule has 1 heterocycles. The molecule has 0 spiro atoms. The van der Waals surface area contributed by atoms with Gasteiger partial charge in [-0.25, -0.2) is 0 Å². The van der Waals surface area contributed by atoms with Gasteiger partial charge < -0.3 is 25.0 Å². The first kappa shape index (κ1) is 13.5. The van der Waals surface area contributed by atoms with Gasteiger partial charge in [-0.3, -0.25) is 4.79 Å². The maximum Gasteiger partial charge on any atom is 0.306 e. The van der Waals surface area contributed by atoms with Gasteiger partial charge in [-0.05, 0) is 19.1 Å². The van der Waals surface area contributed by atoms with E-state index in [0.29, 0.717) is 24.7 Å². The van der Waals surface area contributed by atoms with E-state index in [1.54, 1.807) is 18.2 Å². The Morgan fingerprint density at radius 2 is 2.05 bits per heavy atom. The van der Waals surface area contributed by atoms with Crippen molar-refractivity contribution in [1.82, 2.24) is 0 Å². The summed E-state index contributed by atoms with van der Waals surface area (Å²) in [6.45, 7) is 2.66. The number of carboxylic acids is 1. The van der Waals surface area contributed by atoms with E-state index >= 15 is 0 Å². The van der Waals surface area contributed by atoms with E-state index in [9.17, 15) is 9.90 Å². The van der Waals surface area contributed by atoms with Gasteiger partial charge in [0.2, 0.25) is 0 Å². The van der Waals surface area contributed by atoms with Crippen molar-refractivity contribution in [3.8, 4) is 11.5 Å².